The first-order chi connectivity index (χ1) is 15.9. The molecule has 0 aliphatic carbocycles. The van der Waals surface area contributed by atoms with Crippen molar-refractivity contribution in [3.8, 4) is 0 Å². The highest BCUT2D eigenvalue weighted by Gasteiger charge is 2.39. The lowest BCUT2D eigenvalue weighted by Crippen LogP contribution is -2.41. The third-order valence-corrected chi connectivity index (χ3v) is 5.97. The van der Waals surface area contributed by atoms with Crippen molar-refractivity contribution in [1.29, 1.82) is 0 Å². The Morgan fingerprint density at radius 3 is 2.70 bits per heavy atom. The van der Waals surface area contributed by atoms with Crippen LogP contribution in [0.15, 0.2) is 64.3 Å². The molecule has 4 rings (SSSR count). The van der Waals surface area contributed by atoms with Crippen LogP contribution in [0.3, 0.4) is 0 Å². The normalized spacial score (nSPS) is 18.7. The predicted molar refractivity (Wildman–Crippen MR) is 132 cm³/mol. The van der Waals surface area contributed by atoms with Crippen molar-refractivity contribution in [2.24, 2.45) is 0 Å². The van der Waals surface area contributed by atoms with Crippen LogP contribution in [0.5, 0.6) is 0 Å². The van der Waals surface area contributed by atoms with Gasteiger partial charge in [0, 0.05) is 43.2 Å². The number of hydrogen-bond donors (Lipinski definition) is 2. The van der Waals surface area contributed by atoms with Gasteiger partial charge in [0.25, 0.3) is 0 Å². The van der Waals surface area contributed by atoms with Gasteiger partial charge in [0.05, 0.1) is 6.61 Å². The molecule has 1 aliphatic rings. The number of nitrogens with one attached hydrogen (secondary N) is 1. The van der Waals surface area contributed by atoms with Gasteiger partial charge in [-0.1, -0.05) is 24.8 Å². The van der Waals surface area contributed by atoms with Gasteiger partial charge in [0.1, 0.15) is 12.3 Å². The summed E-state index contributed by atoms with van der Waals surface area (Å²) < 4.78 is 22.0. The molecule has 0 radical (unpaired) electrons. The number of ether oxygens (including phenoxy) is 2. The van der Waals surface area contributed by atoms with Crippen LogP contribution < -0.4 is 11.1 Å². The molecule has 0 amide bonds. The van der Waals surface area contributed by atoms with Crippen LogP contribution in [0.1, 0.15) is 31.4 Å². The summed E-state index contributed by atoms with van der Waals surface area (Å²) >= 11 is 0. The molecule has 0 unspecified atom stereocenters. The second kappa shape index (κ2) is 9.87. The molecule has 33 heavy (non-hydrogen) atoms. The second-order valence-electron chi connectivity index (χ2n) is 8.81. The fourth-order valence-corrected chi connectivity index (χ4v) is 4.37. The Morgan fingerprint density at radius 1 is 1.18 bits per heavy atom. The van der Waals surface area contributed by atoms with E-state index < -0.39 is 0 Å². The summed E-state index contributed by atoms with van der Waals surface area (Å²) in [5.41, 5.74) is 12.7. The lowest BCUT2D eigenvalue weighted by molar-refractivity contribution is -0.0833. The molecule has 2 aromatic carbocycles. The Hall–Kier alpha value is -3.00. The second-order valence-corrected chi connectivity index (χ2v) is 8.81. The lowest BCUT2D eigenvalue weighted by atomic mass is 9.97. The van der Waals surface area contributed by atoms with Gasteiger partial charge in [-0.2, -0.15) is 0 Å². The number of likely N-dealkylation sites (tertiary alicyclic amines) is 1. The van der Waals surface area contributed by atoms with Crippen molar-refractivity contribution in [2.45, 2.75) is 25.9 Å². The molecule has 1 aromatic heterocycles. The summed E-state index contributed by atoms with van der Waals surface area (Å²) in [5, 5.41) is 3.33. The standard InChI is InChI=1S/C26H33N3O4/c1-5-31-26(10-11-29(15-26)14-18(2)3)16-30-17-28-21-7-8-23(27)22(13-21)19(4)20-6-9-24-25(12-20)33-32-24/h6-9,12-13,28H,2,4-5,10-11,14-17,27H2,1,3H3/t26-/m0/s1. The predicted octanol–water partition coefficient (Wildman–Crippen LogP) is 5.11. The maximum atomic E-state index is 6.24. The third-order valence-electron chi connectivity index (χ3n) is 5.97. The highest BCUT2D eigenvalue weighted by molar-refractivity contribution is 5.88. The minimum Gasteiger partial charge on any atom is -0.398 e. The minimum atomic E-state index is -0.271. The lowest BCUT2D eigenvalue weighted by Gasteiger charge is -2.29. The molecule has 176 valence electrons. The van der Waals surface area contributed by atoms with Crippen LogP contribution in [0.25, 0.3) is 16.7 Å². The summed E-state index contributed by atoms with van der Waals surface area (Å²) in [5.74, 6) is 0. The van der Waals surface area contributed by atoms with Crippen molar-refractivity contribution in [2.75, 3.05) is 50.6 Å². The van der Waals surface area contributed by atoms with Gasteiger partial charge < -0.3 is 20.5 Å². The number of nitrogens with zero attached hydrogens (tertiary/aromatic N) is 1. The fraction of sp³-hybridized carbons (Fsp3) is 0.385. The average Bonchev–Trinajstić information content (AvgIpc) is 3.15. The molecule has 0 spiro atoms. The van der Waals surface area contributed by atoms with E-state index in [0.29, 0.717) is 31.2 Å². The Balaban J connectivity index is 1.35. The maximum Gasteiger partial charge on any atom is 0.226 e. The molecule has 1 saturated heterocycles. The summed E-state index contributed by atoms with van der Waals surface area (Å²) in [6.45, 7) is 16.7. The molecule has 2 heterocycles. The number of anilines is 2. The monoisotopic (exact) mass is 451 g/mol. The number of fused-ring (bicyclic) bond motifs is 1. The van der Waals surface area contributed by atoms with Crippen LogP contribution in [0.4, 0.5) is 11.4 Å². The van der Waals surface area contributed by atoms with E-state index in [1.54, 1.807) is 0 Å². The van der Waals surface area contributed by atoms with Crippen LogP contribution >= 0.6 is 0 Å². The highest BCUT2D eigenvalue weighted by Crippen LogP contribution is 2.32. The van der Waals surface area contributed by atoms with Gasteiger partial charge in [-0.05, 0) is 61.7 Å². The van der Waals surface area contributed by atoms with Crippen LogP contribution in [-0.4, -0.2) is 50.1 Å². The highest BCUT2D eigenvalue weighted by atomic mass is 17.0. The van der Waals surface area contributed by atoms with E-state index in [1.807, 2.05) is 43.3 Å². The zero-order valence-corrected chi connectivity index (χ0v) is 19.5. The van der Waals surface area contributed by atoms with E-state index in [4.69, 9.17) is 24.4 Å². The van der Waals surface area contributed by atoms with Crippen LogP contribution in [0, 0.1) is 0 Å². The number of nitrogens with two attached hydrogens (primary N) is 1. The van der Waals surface area contributed by atoms with Crippen molar-refractivity contribution in [1.82, 2.24) is 4.90 Å². The van der Waals surface area contributed by atoms with E-state index in [2.05, 4.69) is 30.3 Å². The zero-order chi connectivity index (χ0) is 23.4. The van der Waals surface area contributed by atoms with E-state index in [-0.39, 0.29) is 5.60 Å². The third kappa shape index (κ3) is 5.33. The Morgan fingerprint density at radius 2 is 2.00 bits per heavy atom. The summed E-state index contributed by atoms with van der Waals surface area (Å²) in [4.78, 5) is 2.38. The van der Waals surface area contributed by atoms with Crippen molar-refractivity contribution in [3.63, 3.8) is 0 Å². The Kier molecular flexibility index (Phi) is 6.93. The summed E-state index contributed by atoms with van der Waals surface area (Å²) in [7, 11) is 0. The molecule has 3 N–H and O–H groups in total. The van der Waals surface area contributed by atoms with E-state index in [0.717, 1.165) is 59.6 Å². The first-order valence-electron chi connectivity index (χ1n) is 11.3. The topological polar surface area (TPSA) is 86.0 Å². The molecule has 7 nitrogen and oxygen atoms in total. The number of benzene rings is 2. The van der Waals surface area contributed by atoms with Crippen molar-refractivity contribution >= 4 is 28.1 Å². The first kappa shape index (κ1) is 23.2. The van der Waals surface area contributed by atoms with Gasteiger partial charge in [-0.25, -0.2) is 0 Å². The molecule has 1 aliphatic heterocycles. The van der Waals surface area contributed by atoms with E-state index in [9.17, 15) is 0 Å². The van der Waals surface area contributed by atoms with Gasteiger partial charge in [-0.3, -0.25) is 14.1 Å². The smallest absolute Gasteiger partial charge is 0.226 e. The van der Waals surface area contributed by atoms with Crippen molar-refractivity contribution < 1.29 is 18.6 Å². The molecule has 3 aromatic rings. The van der Waals surface area contributed by atoms with Gasteiger partial charge >= 0.3 is 0 Å². The van der Waals surface area contributed by atoms with Gasteiger partial charge in [0.2, 0.25) is 11.2 Å². The van der Waals surface area contributed by atoms with Crippen LogP contribution in [-0.2, 0) is 9.47 Å². The molecular formula is C26H33N3O4. The zero-order valence-electron chi connectivity index (χ0n) is 19.5. The van der Waals surface area contributed by atoms with Crippen molar-refractivity contribution in [3.05, 3.63) is 66.3 Å². The number of nitrogen functional groups attached to an aromatic ring is 1. The Bertz CT molecular complexity index is 1130. The van der Waals surface area contributed by atoms with E-state index >= 15 is 0 Å². The number of rotatable bonds is 11. The summed E-state index contributed by atoms with van der Waals surface area (Å²) in [6.07, 6.45) is 0.954. The quantitative estimate of drug-likeness (QED) is 0.138. The molecule has 0 bridgehead atoms. The Labute approximate surface area is 194 Å². The molecule has 1 fully saturated rings. The van der Waals surface area contributed by atoms with Gasteiger partial charge in [-0.15, -0.1) is 0 Å². The summed E-state index contributed by atoms with van der Waals surface area (Å²) in [6, 6.07) is 11.5. The molecule has 0 saturated carbocycles. The number of hydrogen-bond acceptors (Lipinski definition) is 7. The first-order valence-corrected chi connectivity index (χ1v) is 11.3. The fourth-order valence-electron chi connectivity index (χ4n) is 4.37. The van der Waals surface area contributed by atoms with Crippen LogP contribution in [0.2, 0.25) is 0 Å². The average molecular weight is 452 g/mol. The van der Waals surface area contributed by atoms with Gasteiger partial charge in [0.15, 0.2) is 0 Å². The minimum absolute atomic E-state index is 0.271. The maximum absolute atomic E-state index is 6.24. The molecular weight excluding hydrogens is 418 g/mol. The molecule has 1 atom stereocenters. The SMILES string of the molecule is C=C(C)CN1CC[C@](COCNc2ccc(N)c(C(=C)c3ccc4ooc4c3)c2)(OCC)C1. The van der Waals surface area contributed by atoms with E-state index in [1.165, 1.54) is 0 Å². The largest absolute Gasteiger partial charge is 0.398 e. The molecule has 7 heteroatoms.